The Kier molecular flexibility index (Phi) is 7.02. The van der Waals surface area contributed by atoms with Gasteiger partial charge in [0.05, 0.1) is 18.0 Å². The minimum atomic E-state index is -0.0927. The Morgan fingerprint density at radius 3 is 2.79 bits per heavy atom. The molecule has 0 fully saturated rings. The molecule has 146 valence electrons. The number of benzene rings is 1. The van der Waals surface area contributed by atoms with Gasteiger partial charge in [-0.05, 0) is 36.8 Å². The predicted molar refractivity (Wildman–Crippen MR) is 110 cm³/mol. The van der Waals surface area contributed by atoms with Crippen molar-refractivity contribution in [2.24, 2.45) is 0 Å². The quantitative estimate of drug-likeness (QED) is 0.448. The maximum absolute atomic E-state index is 12.1. The first kappa shape index (κ1) is 20.3. The van der Waals surface area contributed by atoms with Crippen LogP contribution in [0, 0.1) is 6.92 Å². The van der Waals surface area contributed by atoms with Crippen LogP contribution in [0.25, 0.3) is 17.1 Å². The van der Waals surface area contributed by atoms with Gasteiger partial charge in [-0.2, -0.15) is 0 Å². The second-order valence-electron chi connectivity index (χ2n) is 5.89. The third-order valence-electron chi connectivity index (χ3n) is 4.01. The number of hydrogen-bond donors (Lipinski definition) is 1. The smallest absolute Gasteiger partial charge is 0.230 e. The molecule has 0 saturated heterocycles. The second-order valence-corrected chi connectivity index (χ2v) is 7.24. The molecule has 1 aromatic carbocycles. The van der Waals surface area contributed by atoms with Crippen molar-refractivity contribution in [1.29, 1.82) is 0 Å². The van der Waals surface area contributed by atoms with E-state index in [0.29, 0.717) is 29.2 Å². The van der Waals surface area contributed by atoms with Crippen LogP contribution < -0.4 is 5.32 Å². The summed E-state index contributed by atoms with van der Waals surface area (Å²) >= 11 is 7.65. The highest BCUT2D eigenvalue weighted by atomic mass is 35.5. The number of pyridine rings is 1. The van der Waals surface area contributed by atoms with Crippen LogP contribution in [0.5, 0.6) is 0 Å². The number of ether oxygens (including phenoxy) is 1. The molecule has 7 nitrogen and oxygen atoms in total. The minimum Gasteiger partial charge on any atom is -0.383 e. The van der Waals surface area contributed by atoms with Crippen LogP contribution >= 0.6 is 23.4 Å². The van der Waals surface area contributed by atoms with Gasteiger partial charge in [-0.15, -0.1) is 10.2 Å². The molecule has 3 rings (SSSR count). The van der Waals surface area contributed by atoms with Gasteiger partial charge in [0, 0.05) is 36.6 Å². The van der Waals surface area contributed by atoms with Crippen LogP contribution in [0.15, 0.2) is 47.9 Å². The summed E-state index contributed by atoms with van der Waals surface area (Å²) in [6.07, 6.45) is 3.41. The van der Waals surface area contributed by atoms with Crippen LogP contribution in [0.2, 0.25) is 5.02 Å². The minimum absolute atomic E-state index is 0.0927. The van der Waals surface area contributed by atoms with E-state index in [-0.39, 0.29) is 11.7 Å². The molecule has 0 atom stereocenters. The predicted octanol–water partition coefficient (Wildman–Crippen LogP) is 3.15. The Bertz CT molecular complexity index is 949. The topological polar surface area (TPSA) is 81.9 Å². The third-order valence-corrected chi connectivity index (χ3v) is 5.35. The molecular weight excluding hydrogens is 398 g/mol. The Morgan fingerprint density at radius 1 is 1.25 bits per heavy atom. The molecule has 0 aliphatic rings. The Labute approximate surface area is 172 Å². The first-order valence-corrected chi connectivity index (χ1v) is 9.98. The molecule has 0 saturated carbocycles. The molecule has 0 radical (unpaired) electrons. The number of rotatable bonds is 8. The monoisotopic (exact) mass is 417 g/mol. The van der Waals surface area contributed by atoms with Crippen LogP contribution in [0.1, 0.15) is 5.56 Å². The van der Waals surface area contributed by atoms with E-state index in [1.54, 1.807) is 19.5 Å². The summed E-state index contributed by atoms with van der Waals surface area (Å²) in [5.74, 6) is 0.789. The average molecular weight is 418 g/mol. The molecule has 28 heavy (non-hydrogen) atoms. The summed E-state index contributed by atoms with van der Waals surface area (Å²) < 4.78 is 6.86. The van der Waals surface area contributed by atoms with Gasteiger partial charge in [-0.1, -0.05) is 29.4 Å². The molecule has 0 spiro atoms. The lowest BCUT2D eigenvalue weighted by Crippen LogP contribution is -2.28. The Balaban J connectivity index is 1.94. The third kappa shape index (κ3) is 4.70. The summed E-state index contributed by atoms with van der Waals surface area (Å²) in [5, 5.41) is 12.7. The first-order valence-electron chi connectivity index (χ1n) is 8.61. The lowest BCUT2D eigenvalue weighted by molar-refractivity contribution is -0.118. The summed E-state index contributed by atoms with van der Waals surface area (Å²) in [7, 11) is 1.59. The Morgan fingerprint density at radius 2 is 2.04 bits per heavy atom. The van der Waals surface area contributed by atoms with E-state index in [9.17, 15) is 4.79 Å². The number of thioether (sulfide) groups is 1. The van der Waals surface area contributed by atoms with E-state index in [1.165, 1.54) is 11.8 Å². The highest BCUT2D eigenvalue weighted by Crippen LogP contribution is 2.31. The van der Waals surface area contributed by atoms with E-state index in [4.69, 9.17) is 16.3 Å². The fourth-order valence-electron chi connectivity index (χ4n) is 2.58. The van der Waals surface area contributed by atoms with E-state index >= 15 is 0 Å². The molecule has 0 aliphatic carbocycles. The van der Waals surface area contributed by atoms with Gasteiger partial charge >= 0.3 is 0 Å². The molecule has 1 N–H and O–H groups in total. The molecule has 0 aliphatic heterocycles. The number of nitrogens with zero attached hydrogens (tertiary/aromatic N) is 4. The van der Waals surface area contributed by atoms with E-state index in [2.05, 4.69) is 20.5 Å². The summed E-state index contributed by atoms with van der Waals surface area (Å²) in [6, 6.07) is 9.41. The molecule has 3 aromatic rings. The van der Waals surface area contributed by atoms with E-state index in [1.807, 2.05) is 41.8 Å². The van der Waals surface area contributed by atoms with Crippen LogP contribution in [-0.4, -0.2) is 51.7 Å². The average Bonchev–Trinajstić information content (AvgIpc) is 3.13. The number of methoxy groups -OCH3 is 1. The number of hydrogen-bond acceptors (Lipinski definition) is 6. The second kappa shape index (κ2) is 9.68. The standard InChI is InChI=1S/C19H20ClN5O2S/c1-13-15(20)4-3-5-16(13)25-18(14-6-8-21-9-7-14)23-24-19(25)28-12-17(26)22-10-11-27-2/h3-9H,10-12H2,1-2H3,(H,22,26). The van der Waals surface area contributed by atoms with Crippen molar-refractivity contribution in [2.45, 2.75) is 12.1 Å². The van der Waals surface area contributed by atoms with Crippen LogP contribution in [0.3, 0.4) is 0 Å². The zero-order chi connectivity index (χ0) is 19.9. The number of nitrogens with one attached hydrogen (secondary N) is 1. The summed E-state index contributed by atoms with van der Waals surface area (Å²) in [5.41, 5.74) is 2.65. The van der Waals surface area contributed by atoms with Gasteiger partial charge in [0.2, 0.25) is 5.91 Å². The molecule has 0 unspecified atom stereocenters. The van der Waals surface area contributed by atoms with Crippen molar-refractivity contribution in [2.75, 3.05) is 26.0 Å². The van der Waals surface area contributed by atoms with Crippen molar-refractivity contribution in [3.05, 3.63) is 53.3 Å². The number of aromatic nitrogens is 4. The molecule has 9 heteroatoms. The number of halogens is 1. The summed E-state index contributed by atoms with van der Waals surface area (Å²) in [6.45, 7) is 2.89. The number of carbonyl (C=O) groups is 1. The maximum atomic E-state index is 12.1. The molecular formula is C19H20ClN5O2S. The molecule has 2 aromatic heterocycles. The van der Waals surface area contributed by atoms with Gasteiger partial charge in [-0.3, -0.25) is 14.3 Å². The highest BCUT2D eigenvalue weighted by molar-refractivity contribution is 7.99. The zero-order valence-electron chi connectivity index (χ0n) is 15.6. The summed E-state index contributed by atoms with van der Waals surface area (Å²) in [4.78, 5) is 16.1. The lowest BCUT2D eigenvalue weighted by Gasteiger charge is -2.13. The molecule has 0 bridgehead atoms. The largest absolute Gasteiger partial charge is 0.383 e. The van der Waals surface area contributed by atoms with Gasteiger partial charge in [0.1, 0.15) is 0 Å². The fourth-order valence-corrected chi connectivity index (χ4v) is 3.52. The van der Waals surface area contributed by atoms with Crippen molar-refractivity contribution in [3.8, 4) is 17.1 Å². The highest BCUT2D eigenvalue weighted by Gasteiger charge is 2.19. The SMILES string of the molecule is COCCNC(=O)CSc1nnc(-c2ccncc2)n1-c1cccc(Cl)c1C. The van der Waals surface area contributed by atoms with Gasteiger partial charge in [0.25, 0.3) is 0 Å². The first-order chi connectivity index (χ1) is 13.6. The van der Waals surface area contributed by atoms with Gasteiger partial charge < -0.3 is 10.1 Å². The fraction of sp³-hybridized carbons (Fsp3) is 0.263. The maximum Gasteiger partial charge on any atom is 0.230 e. The van der Waals surface area contributed by atoms with E-state index < -0.39 is 0 Å². The molecule has 1 amide bonds. The van der Waals surface area contributed by atoms with Crippen molar-refractivity contribution in [1.82, 2.24) is 25.1 Å². The molecule has 2 heterocycles. The van der Waals surface area contributed by atoms with Crippen molar-refractivity contribution in [3.63, 3.8) is 0 Å². The number of carbonyl (C=O) groups excluding carboxylic acids is 1. The van der Waals surface area contributed by atoms with Gasteiger partial charge in [0.15, 0.2) is 11.0 Å². The Hall–Kier alpha value is -2.42. The van der Waals surface area contributed by atoms with Crippen LogP contribution in [-0.2, 0) is 9.53 Å². The van der Waals surface area contributed by atoms with Crippen LogP contribution in [0.4, 0.5) is 0 Å². The van der Waals surface area contributed by atoms with E-state index in [0.717, 1.165) is 16.8 Å². The van der Waals surface area contributed by atoms with Gasteiger partial charge in [-0.25, -0.2) is 0 Å². The number of amides is 1. The van der Waals surface area contributed by atoms with Crippen molar-refractivity contribution >= 4 is 29.3 Å². The lowest BCUT2D eigenvalue weighted by atomic mass is 10.2. The normalized spacial score (nSPS) is 10.8. The zero-order valence-corrected chi connectivity index (χ0v) is 17.1. The van der Waals surface area contributed by atoms with Crippen molar-refractivity contribution < 1.29 is 9.53 Å².